The minimum absolute atomic E-state index is 0.0212. The molecule has 1 aliphatic heterocycles. The fourth-order valence-electron chi connectivity index (χ4n) is 2.42. The summed E-state index contributed by atoms with van der Waals surface area (Å²) in [6.45, 7) is 3.17. The maximum Gasteiger partial charge on any atom is 0.311 e. The van der Waals surface area contributed by atoms with E-state index >= 15 is 0 Å². The van der Waals surface area contributed by atoms with Gasteiger partial charge in [0.2, 0.25) is 5.91 Å². The highest BCUT2D eigenvalue weighted by molar-refractivity contribution is 5.80. The Kier molecular flexibility index (Phi) is 3.82. The van der Waals surface area contributed by atoms with Gasteiger partial charge < -0.3 is 10.0 Å². The standard InChI is InChI=1S/C12H18N4O3/c1-2-12(11(18)19)4-6-15(7-12)10(17)3-5-16-9-13-8-14-16/h8-9H,2-7H2,1H3,(H,18,19). The van der Waals surface area contributed by atoms with Crippen LogP contribution in [0.4, 0.5) is 0 Å². The number of hydrogen-bond donors (Lipinski definition) is 1. The van der Waals surface area contributed by atoms with Crippen LogP contribution in [0.15, 0.2) is 12.7 Å². The first-order chi connectivity index (χ1) is 9.07. The third-order valence-electron chi connectivity index (χ3n) is 3.86. The fourth-order valence-corrected chi connectivity index (χ4v) is 2.42. The van der Waals surface area contributed by atoms with Crippen molar-refractivity contribution in [2.45, 2.75) is 32.7 Å². The van der Waals surface area contributed by atoms with Crippen molar-refractivity contribution in [3.05, 3.63) is 12.7 Å². The molecule has 1 atom stereocenters. The molecule has 0 saturated carbocycles. The van der Waals surface area contributed by atoms with E-state index in [1.54, 1.807) is 15.9 Å². The van der Waals surface area contributed by atoms with Crippen molar-refractivity contribution in [1.29, 1.82) is 0 Å². The lowest BCUT2D eigenvalue weighted by Crippen LogP contribution is -2.36. The number of amides is 1. The molecule has 1 amide bonds. The predicted molar refractivity (Wildman–Crippen MR) is 66.2 cm³/mol. The van der Waals surface area contributed by atoms with E-state index in [4.69, 9.17) is 0 Å². The Morgan fingerprint density at radius 1 is 1.47 bits per heavy atom. The van der Waals surface area contributed by atoms with Crippen molar-refractivity contribution >= 4 is 11.9 Å². The third kappa shape index (κ3) is 2.74. The van der Waals surface area contributed by atoms with E-state index in [1.807, 2.05) is 6.92 Å². The summed E-state index contributed by atoms with van der Waals surface area (Å²) in [6, 6.07) is 0. The first-order valence-corrected chi connectivity index (χ1v) is 6.41. The lowest BCUT2D eigenvalue weighted by Gasteiger charge is -2.23. The van der Waals surface area contributed by atoms with Gasteiger partial charge in [-0.1, -0.05) is 6.92 Å². The summed E-state index contributed by atoms with van der Waals surface area (Å²) in [5.41, 5.74) is -0.761. The maximum atomic E-state index is 12.0. The van der Waals surface area contributed by atoms with E-state index in [-0.39, 0.29) is 5.91 Å². The van der Waals surface area contributed by atoms with Crippen LogP contribution in [0.1, 0.15) is 26.2 Å². The molecule has 104 valence electrons. The van der Waals surface area contributed by atoms with Gasteiger partial charge in [-0.3, -0.25) is 14.3 Å². The van der Waals surface area contributed by atoms with Crippen LogP contribution in [0, 0.1) is 5.41 Å². The molecule has 7 heteroatoms. The Morgan fingerprint density at radius 2 is 2.26 bits per heavy atom. The van der Waals surface area contributed by atoms with Crippen molar-refractivity contribution in [2.24, 2.45) is 5.41 Å². The average molecular weight is 266 g/mol. The first kappa shape index (κ1) is 13.5. The molecular formula is C12H18N4O3. The number of hydrogen-bond acceptors (Lipinski definition) is 4. The number of likely N-dealkylation sites (tertiary alicyclic amines) is 1. The number of carboxylic acids is 1. The van der Waals surface area contributed by atoms with Crippen molar-refractivity contribution in [3.8, 4) is 0 Å². The minimum atomic E-state index is -0.804. The molecule has 0 aromatic carbocycles. The van der Waals surface area contributed by atoms with Gasteiger partial charge in [-0.25, -0.2) is 4.98 Å². The first-order valence-electron chi connectivity index (χ1n) is 6.41. The quantitative estimate of drug-likeness (QED) is 0.832. The summed E-state index contributed by atoms with van der Waals surface area (Å²) in [4.78, 5) is 28.8. The number of aryl methyl sites for hydroxylation is 1. The zero-order valence-corrected chi connectivity index (χ0v) is 10.9. The molecule has 2 heterocycles. The third-order valence-corrected chi connectivity index (χ3v) is 3.86. The normalized spacial score (nSPS) is 22.7. The molecule has 1 unspecified atom stereocenters. The molecule has 19 heavy (non-hydrogen) atoms. The second-order valence-electron chi connectivity index (χ2n) is 4.91. The molecule has 1 aliphatic rings. The van der Waals surface area contributed by atoms with Crippen LogP contribution in [-0.2, 0) is 16.1 Å². The SMILES string of the molecule is CCC1(C(=O)O)CCN(C(=O)CCn2cncn2)C1. The molecule has 1 aromatic heterocycles. The lowest BCUT2D eigenvalue weighted by molar-refractivity contribution is -0.148. The van der Waals surface area contributed by atoms with Crippen LogP contribution in [0.25, 0.3) is 0 Å². The highest BCUT2D eigenvalue weighted by atomic mass is 16.4. The Hall–Kier alpha value is -1.92. The lowest BCUT2D eigenvalue weighted by atomic mass is 9.84. The molecule has 0 bridgehead atoms. The number of carboxylic acid groups (broad SMARTS) is 1. The van der Waals surface area contributed by atoms with Gasteiger partial charge in [0.05, 0.1) is 12.0 Å². The van der Waals surface area contributed by atoms with Gasteiger partial charge in [0, 0.05) is 19.5 Å². The van der Waals surface area contributed by atoms with Crippen LogP contribution >= 0.6 is 0 Å². The fraction of sp³-hybridized carbons (Fsp3) is 0.667. The highest BCUT2D eigenvalue weighted by Crippen LogP contribution is 2.34. The Balaban J connectivity index is 1.89. The van der Waals surface area contributed by atoms with Gasteiger partial charge in [-0.05, 0) is 12.8 Å². The van der Waals surface area contributed by atoms with Gasteiger partial charge in [-0.2, -0.15) is 5.10 Å². The number of rotatable bonds is 5. The van der Waals surface area contributed by atoms with Gasteiger partial charge >= 0.3 is 5.97 Å². The predicted octanol–water partition coefficient (Wildman–Crippen LogP) is 0.381. The van der Waals surface area contributed by atoms with Crippen molar-refractivity contribution in [2.75, 3.05) is 13.1 Å². The van der Waals surface area contributed by atoms with Gasteiger partial charge in [0.1, 0.15) is 12.7 Å². The van der Waals surface area contributed by atoms with E-state index < -0.39 is 11.4 Å². The summed E-state index contributed by atoms with van der Waals surface area (Å²) < 4.78 is 1.60. The van der Waals surface area contributed by atoms with Crippen molar-refractivity contribution in [3.63, 3.8) is 0 Å². The van der Waals surface area contributed by atoms with E-state index in [2.05, 4.69) is 10.1 Å². The summed E-state index contributed by atoms with van der Waals surface area (Å²) in [5.74, 6) is -0.825. The zero-order valence-electron chi connectivity index (χ0n) is 10.9. The van der Waals surface area contributed by atoms with E-state index in [9.17, 15) is 14.7 Å². The summed E-state index contributed by atoms with van der Waals surface area (Å²) >= 11 is 0. The number of carbonyl (C=O) groups excluding carboxylic acids is 1. The van der Waals surface area contributed by atoms with Crippen LogP contribution < -0.4 is 0 Å². The Labute approximate surface area is 111 Å². The minimum Gasteiger partial charge on any atom is -0.481 e. The van der Waals surface area contributed by atoms with E-state index in [0.717, 1.165) is 0 Å². The van der Waals surface area contributed by atoms with Crippen molar-refractivity contribution in [1.82, 2.24) is 19.7 Å². The molecule has 7 nitrogen and oxygen atoms in total. The summed E-state index contributed by atoms with van der Waals surface area (Å²) in [5, 5.41) is 13.2. The average Bonchev–Trinajstić information content (AvgIpc) is 3.05. The topological polar surface area (TPSA) is 88.3 Å². The zero-order chi connectivity index (χ0) is 13.9. The van der Waals surface area contributed by atoms with Crippen molar-refractivity contribution < 1.29 is 14.7 Å². The van der Waals surface area contributed by atoms with E-state index in [0.29, 0.717) is 38.9 Å². The molecule has 1 aromatic rings. The molecule has 1 saturated heterocycles. The molecule has 0 aliphatic carbocycles. The van der Waals surface area contributed by atoms with E-state index in [1.165, 1.54) is 6.33 Å². The number of nitrogens with zero attached hydrogens (tertiary/aromatic N) is 4. The monoisotopic (exact) mass is 266 g/mol. The number of aromatic nitrogens is 3. The van der Waals surface area contributed by atoms with Gasteiger partial charge in [0.15, 0.2) is 0 Å². The second kappa shape index (κ2) is 5.38. The van der Waals surface area contributed by atoms with Gasteiger partial charge in [0.25, 0.3) is 0 Å². The van der Waals surface area contributed by atoms with Crippen LogP contribution in [-0.4, -0.2) is 49.7 Å². The van der Waals surface area contributed by atoms with Crippen LogP contribution in [0.5, 0.6) is 0 Å². The Bertz CT molecular complexity index is 460. The largest absolute Gasteiger partial charge is 0.481 e. The maximum absolute atomic E-state index is 12.0. The molecule has 1 fully saturated rings. The Morgan fingerprint density at radius 3 is 2.79 bits per heavy atom. The smallest absolute Gasteiger partial charge is 0.311 e. The molecule has 1 N–H and O–H groups in total. The number of aliphatic carboxylic acids is 1. The summed E-state index contributed by atoms with van der Waals surface area (Å²) in [6.07, 6.45) is 4.39. The highest BCUT2D eigenvalue weighted by Gasteiger charge is 2.44. The van der Waals surface area contributed by atoms with Gasteiger partial charge in [-0.15, -0.1) is 0 Å². The molecule has 0 spiro atoms. The molecule has 0 radical (unpaired) electrons. The molecular weight excluding hydrogens is 248 g/mol. The summed E-state index contributed by atoms with van der Waals surface area (Å²) in [7, 11) is 0. The van der Waals surface area contributed by atoms with Crippen LogP contribution in [0.3, 0.4) is 0 Å². The molecule has 2 rings (SSSR count). The second-order valence-corrected chi connectivity index (χ2v) is 4.91. The number of carbonyl (C=O) groups is 2. The van der Waals surface area contributed by atoms with Crippen LogP contribution in [0.2, 0.25) is 0 Å².